The minimum absolute atomic E-state index is 0.363. The van der Waals surface area contributed by atoms with E-state index in [9.17, 15) is 5.11 Å². The lowest BCUT2D eigenvalue weighted by molar-refractivity contribution is -0.152. The number of hydrogen-bond donors (Lipinski definition) is 1. The molecule has 1 aliphatic heterocycles. The van der Waals surface area contributed by atoms with Crippen molar-refractivity contribution in [3.8, 4) is 0 Å². The summed E-state index contributed by atoms with van der Waals surface area (Å²) >= 11 is 0. The largest absolute Gasteiger partial charge is 0.390 e. The summed E-state index contributed by atoms with van der Waals surface area (Å²) in [5.41, 5.74) is 0.696. The van der Waals surface area contributed by atoms with Crippen LogP contribution >= 0.6 is 0 Å². The van der Waals surface area contributed by atoms with Crippen LogP contribution in [0.5, 0.6) is 0 Å². The molecule has 1 N–H and O–H groups in total. The van der Waals surface area contributed by atoms with Gasteiger partial charge in [-0.15, -0.1) is 0 Å². The Hall–Kier alpha value is -0.0800. The maximum absolute atomic E-state index is 11.0. The third-order valence-corrected chi connectivity index (χ3v) is 11.1. The van der Waals surface area contributed by atoms with Crippen molar-refractivity contribution in [2.45, 2.75) is 104 Å². The van der Waals surface area contributed by atoms with E-state index in [0.717, 1.165) is 61.4 Å². The highest BCUT2D eigenvalue weighted by Crippen LogP contribution is 2.69. The molecule has 0 amide bonds. The number of ether oxygens (including phenoxy) is 1. The van der Waals surface area contributed by atoms with Crippen LogP contribution in [0.2, 0.25) is 0 Å². The molecule has 5 aliphatic rings. The number of epoxide rings is 1. The summed E-state index contributed by atoms with van der Waals surface area (Å²) in [4.78, 5) is 0. The Balaban J connectivity index is 1.38. The van der Waals surface area contributed by atoms with Gasteiger partial charge in [-0.1, -0.05) is 27.7 Å². The van der Waals surface area contributed by atoms with Crippen molar-refractivity contribution in [1.82, 2.24) is 0 Å². The van der Waals surface area contributed by atoms with E-state index in [0.29, 0.717) is 16.9 Å². The predicted octanol–water partition coefficient (Wildman–Crippen LogP) is 5.82. The fourth-order valence-corrected chi connectivity index (χ4v) is 9.17. The molecule has 2 heteroatoms. The van der Waals surface area contributed by atoms with Crippen LogP contribution in [-0.4, -0.2) is 23.4 Å². The Labute approximate surface area is 166 Å². The maximum Gasteiger partial charge on any atom is 0.0838 e. The van der Waals surface area contributed by atoms with Gasteiger partial charge in [-0.3, -0.25) is 0 Å². The predicted molar refractivity (Wildman–Crippen MR) is 109 cm³/mol. The fourth-order valence-electron chi connectivity index (χ4n) is 9.17. The van der Waals surface area contributed by atoms with Crippen LogP contribution in [0.15, 0.2) is 0 Å². The summed E-state index contributed by atoms with van der Waals surface area (Å²) in [5, 5.41) is 11.0. The van der Waals surface area contributed by atoms with E-state index < -0.39 is 0 Å². The van der Waals surface area contributed by atoms with Gasteiger partial charge in [-0.2, -0.15) is 0 Å². The Morgan fingerprint density at radius 2 is 1.70 bits per heavy atom. The van der Waals surface area contributed by atoms with Crippen molar-refractivity contribution >= 4 is 0 Å². The summed E-state index contributed by atoms with van der Waals surface area (Å²) in [7, 11) is 0. The Morgan fingerprint density at radius 3 is 2.41 bits per heavy atom. The molecule has 0 aromatic rings. The normalized spacial score (nSPS) is 58.1. The summed E-state index contributed by atoms with van der Waals surface area (Å²) in [6.07, 6.45) is 13.5. The molecular formula is C25H42O2. The molecule has 1 heterocycles. The molecule has 1 saturated heterocycles. The number of rotatable bonds is 3. The first-order valence-corrected chi connectivity index (χ1v) is 12.1. The van der Waals surface area contributed by atoms with Crippen molar-refractivity contribution in [2.75, 3.05) is 6.61 Å². The Kier molecular flexibility index (Phi) is 4.35. The van der Waals surface area contributed by atoms with Gasteiger partial charge in [0.25, 0.3) is 0 Å². The summed E-state index contributed by atoms with van der Waals surface area (Å²) in [6.45, 7) is 11.0. The lowest BCUT2D eigenvalue weighted by Gasteiger charge is -2.62. The minimum Gasteiger partial charge on any atom is -0.390 e. The van der Waals surface area contributed by atoms with Gasteiger partial charge in [0.2, 0.25) is 0 Å². The molecule has 5 rings (SSSR count). The van der Waals surface area contributed by atoms with Crippen LogP contribution in [0.1, 0.15) is 91.9 Å². The molecular weight excluding hydrogens is 332 g/mol. The van der Waals surface area contributed by atoms with E-state index >= 15 is 0 Å². The quantitative estimate of drug-likeness (QED) is 0.631. The highest BCUT2D eigenvalue weighted by atomic mass is 16.6. The molecule has 5 fully saturated rings. The van der Waals surface area contributed by atoms with Crippen LogP contribution in [0, 0.1) is 46.3 Å². The van der Waals surface area contributed by atoms with Crippen LogP contribution < -0.4 is 0 Å². The average Bonchev–Trinajstić information content (AvgIpc) is 3.43. The van der Waals surface area contributed by atoms with Crippen molar-refractivity contribution in [3.63, 3.8) is 0 Å². The zero-order valence-electron chi connectivity index (χ0n) is 18.2. The zero-order chi connectivity index (χ0) is 19.0. The van der Waals surface area contributed by atoms with E-state index in [4.69, 9.17) is 4.74 Å². The first kappa shape index (κ1) is 18.9. The Morgan fingerprint density at radius 1 is 0.963 bits per heavy atom. The second-order valence-electron chi connectivity index (χ2n) is 11.9. The lowest BCUT2D eigenvalue weighted by atomic mass is 9.43. The van der Waals surface area contributed by atoms with Gasteiger partial charge in [0.05, 0.1) is 18.3 Å². The first-order chi connectivity index (χ1) is 12.8. The van der Waals surface area contributed by atoms with Crippen molar-refractivity contribution in [1.29, 1.82) is 0 Å². The lowest BCUT2D eigenvalue weighted by Crippen LogP contribution is -2.56. The highest BCUT2D eigenvalue weighted by molar-refractivity contribution is 5.11. The van der Waals surface area contributed by atoms with Crippen LogP contribution in [-0.2, 0) is 4.74 Å². The van der Waals surface area contributed by atoms with E-state index in [-0.39, 0.29) is 5.60 Å². The minimum atomic E-state index is -0.363. The summed E-state index contributed by atoms with van der Waals surface area (Å²) in [5.74, 6) is 5.23. The number of aliphatic hydroxyl groups is 1. The van der Waals surface area contributed by atoms with Gasteiger partial charge in [-0.05, 0) is 111 Å². The van der Waals surface area contributed by atoms with Gasteiger partial charge in [0.1, 0.15) is 0 Å². The molecule has 1 unspecified atom stereocenters. The molecule has 2 nitrogen and oxygen atoms in total. The molecule has 4 saturated carbocycles. The zero-order valence-corrected chi connectivity index (χ0v) is 18.2. The molecule has 0 spiro atoms. The Bertz CT molecular complexity index is 585. The maximum atomic E-state index is 11.0. The molecule has 10 atom stereocenters. The van der Waals surface area contributed by atoms with E-state index in [1.165, 1.54) is 44.9 Å². The first-order valence-electron chi connectivity index (χ1n) is 12.1. The van der Waals surface area contributed by atoms with E-state index in [1.807, 2.05) is 0 Å². The molecule has 27 heavy (non-hydrogen) atoms. The van der Waals surface area contributed by atoms with Gasteiger partial charge in [0, 0.05) is 0 Å². The second-order valence-corrected chi connectivity index (χ2v) is 11.9. The molecule has 0 aromatic carbocycles. The van der Waals surface area contributed by atoms with Gasteiger partial charge < -0.3 is 9.84 Å². The summed E-state index contributed by atoms with van der Waals surface area (Å²) < 4.78 is 5.71. The third kappa shape index (κ3) is 2.71. The van der Waals surface area contributed by atoms with Crippen LogP contribution in [0.25, 0.3) is 0 Å². The average molecular weight is 375 g/mol. The third-order valence-electron chi connectivity index (χ3n) is 11.1. The highest BCUT2D eigenvalue weighted by Gasteiger charge is 2.62. The smallest absolute Gasteiger partial charge is 0.0838 e. The number of hydrogen-bond acceptors (Lipinski definition) is 2. The monoisotopic (exact) mass is 374 g/mol. The topological polar surface area (TPSA) is 32.8 Å². The van der Waals surface area contributed by atoms with E-state index in [2.05, 4.69) is 27.7 Å². The molecule has 0 aromatic heterocycles. The van der Waals surface area contributed by atoms with Gasteiger partial charge in [-0.25, -0.2) is 0 Å². The van der Waals surface area contributed by atoms with Crippen LogP contribution in [0.4, 0.5) is 0 Å². The second kappa shape index (κ2) is 6.21. The van der Waals surface area contributed by atoms with E-state index in [1.54, 1.807) is 0 Å². The SMILES string of the molecule is CC[C@]1(O)CC[C@@]2(C)[C@@H](CC[C@@H]3[C@@H]2CC[C@]2(C)[C@@H]([C@H](C)C4CO4)CC[C@@H]32)C1. The van der Waals surface area contributed by atoms with Gasteiger partial charge >= 0.3 is 0 Å². The molecule has 4 aliphatic carbocycles. The standard InChI is InChI=1S/C25H42O2/c1-5-25(26)13-12-23(3)17(14-25)6-7-18-20-9-8-19(16(2)22-15-27-22)24(20,4)11-10-21(18)23/h16-22,26H,5-15H2,1-4H3/t16-,17-,18-,19+,20-,21-,22?,23-,24+,25-/m0/s1. The molecule has 154 valence electrons. The summed E-state index contributed by atoms with van der Waals surface area (Å²) in [6, 6.07) is 0. The van der Waals surface area contributed by atoms with Crippen molar-refractivity contribution in [2.24, 2.45) is 46.3 Å². The fraction of sp³-hybridized carbons (Fsp3) is 1.00. The molecule has 0 bridgehead atoms. The van der Waals surface area contributed by atoms with Crippen molar-refractivity contribution in [3.05, 3.63) is 0 Å². The number of fused-ring (bicyclic) bond motifs is 5. The van der Waals surface area contributed by atoms with Crippen LogP contribution in [0.3, 0.4) is 0 Å². The van der Waals surface area contributed by atoms with Gasteiger partial charge in [0.15, 0.2) is 0 Å². The molecule has 0 radical (unpaired) electrons. The van der Waals surface area contributed by atoms with Crippen molar-refractivity contribution < 1.29 is 9.84 Å².